The predicted octanol–water partition coefficient (Wildman–Crippen LogP) is 5.02. The van der Waals surface area contributed by atoms with Crippen LogP contribution in [0.15, 0.2) is 73.3 Å². The summed E-state index contributed by atoms with van der Waals surface area (Å²) in [7, 11) is 0. The number of carbonyl (C=O) groups is 2. The molecule has 0 aliphatic heterocycles. The van der Waals surface area contributed by atoms with Gasteiger partial charge in [0.2, 0.25) is 5.91 Å². The summed E-state index contributed by atoms with van der Waals surface area (Å²) < 4.78 is 0. The lowest BCUT2D eigenvalue weighted by molar-refractivity contribution is -0.394. The summed E-state index contributed by atoms with van der Waals surface area (Å²) in [6.07, 6.45) is 1.86. The van der Waals surface area contributed by atoms with E-state index < -0.39 is 39.1 Å². The van der Waals surface area contributed by atoms with Gasteiger partial charge in [0.1, 0.15) is 6.04 Å². The summed E-state index contributed by atoms with van der Waals surface area (Å²) in [4.78, 5) is 49.2. The van der Waals surface area contributed by atoms with E-state index in [1.807, 2.05) is 56.3 Å². The van der Waals surface area contributed by atoms with Crippen LogP contribution in [0.25, 0.3) is 10.8 Å². The largest absolute Gasteiger partial charge is 0.340 e. The van der Waals surface area contributed by atoms with Crippen LogP contribution in [-0.2, 0) is 4.79 Å². The SMILES string of the molecule is C=CCN(C(=O)[C@H](CC(C)C)NC(=O)c1cc([N+](=O)[O-])cc([N+](=O)[O-])c1)c1cccc2ccccc12. The van der Waals surface area contributed by atoms with Gasteiger partial charge in [0.15, 0.2) is 0 Å². The topological polar surface area (TPSA) is 136 Å². The van der Waals surface area contributed by atoms with Crippen LogP contribution in [-0.4, -0.2) is 34.2 Å². The minimum Gasteiger partial charge on any atom is -0.340 e. The van der Waals surface area contributed by atoms with Crippen LogP contribution >= 0.6 is 0 Å². The van der Waals surface area contributed by atoms with Gasteiger partial charge in [-0.1, -0.05) is 56.3 Å². The zero-order chi connectivity index (χ0) is 26.4. The Balaban J connectivity index is 2.00. The van der Waals surface area contributed by atoms with E-state index in [1.165, 1.54) is 4.90 Å². The molecular formula is C26H26N4O6. The molecule has 0 bridgehead atoms. The van der Waals surface area contributed by atoms with Crippen LogP contribution in [0.1, 0.15) is 30.6 Å². The quantitative estimate of drug-likeness (QED) is 0.241. The number of amides is 2. The number of hydrogen-bond acceptors (Lipinski definition) is 6. The Labute approximate surface area is 207 Å². The van der Waals surface area contributed by atoms with Crippen molar-refractivity contribution >= 4 is 39.6 Å². The second-order valence-electron chi connectivity index (χ2n) is 8.64. The molecule has 10 heteroatoms. The summed E-state index contributed by atoms with van der Waals surface area (Å²) in [6.45, 7) is 7.72. The average Bonchev–Trinajstić information content (AvgIpc) is 2.85. The fourth-order valence-electron chi connectivity index (χ4n) is 3.94. The van der Waals surface area contributed by atoms with Gasteiger partial charge in [0.05, 0.1) is 27.2 Å². The van der Waals surface area contributed by atoms with Crippen LogP contribution in [0, 0.1) is 26.1 Å². The Hall–Kier alpha value is -4.60. The first-order valence-corrected chi connectivity index (χ1v) is 11.3. The molecule has 0 fully saturated rings. The second kappa shape index (κ2) is 11.2. The van der Waals surface area contributed by atoms with Gasteiger partial charge >= 0.3 is 0 Å². The maximum Gasteiger partial charge on any atom is 0.277 e. The molecule has 0 aliphatic rings. The molecule has 3 aromatic rings. The first kappa shape index (κ1) is 26.0. The molecule has 0 aromatic heterocycles. The molecule has 36 heavy (non-hydrogen) atoms. The highest BCUT2D eigenvalue weighted by atomic mass is 16.6. The highest BCUT2D eigenvalue weighted by Crippen LogP contribution is 2.28. The van der Waals surface area contributed by atoms with Crippen molar-refractivity contribution in [2.45, 2.75) is 26.3 Å². The van der Waals surface area contributed by atoms with Crippen molar-refractivity contribution in [1.82, 2.24) is 5.32 Å². The smallest absolute Gasteiger partial charge is 0.277 e. The Bertz CT molecular complexity index is 1300. The lowest BCUT2D eigenvalue weighted by Gasteiger charge is -2.29. The average molecular weight is 491 g/mol. The van der Waals surface area contributed by atoms with Gasteiger partial charge < -0.3 is 10.2 Å². The monoisotopic (exact) mass is 490 g/mol. The number of non-ortho nitro benzene ring substituents is 2. The number of rotatable bonds is 10. The molecule has 0 radical (unpaired) electrons. The zero-order valence-corrected chi connectivity index (χ0v) is 19.9. The number of nitrogens with one attached hydrogen (secondary N) is 1. The van der Waals surface area contributed by atoms with Crippen molar-refractivity contribution < 1.29 is 19.4 Å². The maximum atomic E-state index is 13.8. The van der Waals surface area contributed by atoms with Crippen LogP contribution in [0.2, 0.25) is 0 Å². The number of fused-ring (bicyclic) bond motifs is 1. The van der Waals surface area contributed by atoms with Gasteiger partial charge in [0, 0.05) is 24.1 Å². The highest BCUT2D eigenvalue weighted by molar-refractivity contribution is 6.07. The van der Waals surface area contributed by atoms with Gasteiger partial charge in [-0.05, 0) is 23.8 Å². The van der Waals surface area contributed by atoms with Crippen molar-refractivity contribution in [1.29, 1.82) is 0 Å². The number of hydrogen-bond donors (Lipinski definition) is 1. The summed E-state index contributed by atoms with van der Waals surface area (Å²) in [5, 5.41) is 26.9. The predicted molar refractivity (Wildman–Crippen MR) is 137 cm³/mol. The third kappa shape index (κ3) is 5.90. The molecular weight excluding hydrogens is 464 g/mol. The summed E-state index contributed by atoms with van der Waals surface area (Å²) in [5.41, 5.74) is -0.819. The number of carbonyl (C=O) groups excluding carboxylic acids is 2. The molecule has 3 aromatic carbocycles. The van der Waals surface area contributed by atoms with Crippen LogP contribution in [0.4, 0.5) is 17.1 Å². The molecule has 2 amide bonds. The lowest BCUT2D eigenvalue weighted by atomic mass is 10.0. The number of nitrogens with zero attached hydrogens (tertiary/aromatic N) is 3. The van der Waals surface area contributed by atoms with E-state index in [2.05, 4.69) is 11.9 Å². The van der Waals surface area contributed by atoms with Gasteiger partial charge in [-0.2, -0.15) is 0 Å². The molecule has 1 N–H and O–H groups in total. The Morgan fingerprint density at radius 1 is 1.00 bits per heavy atom. The molecule has 0 unspecified atom stereocenters. The Kier molecular flexibility index (Phi) is 8.11. The molecule has 186 valence electrons. The fourth-order valence-corrected chi connectivity index (χ4v) is 3.94. The summed E-state index contributed by atoms with van der Waals surface area (Å²) in [5.74, 6) is -1.21. The first-order chi connectivity index (χ1) is 17.1. The second-order valence-corrected chi connectivity index (χ2v) is 8.64. The van der Waals surface area contributed by atoms with Crippen molar-refractivity contribution in [3.8, 4) is 0 Å². The van der Waals surface area contributed by atoms with Crippen LogP contribution in [0.5, 0.6) is 0 Å². The van der Waals surface area contributed by atoms with Crippen LogP contribution in [0.3, 0.4) is 0 Å². The third-order valence-corrected chi connectivity index (χ3v) is 5.53. The van der Waals surface area contributed by atoms with E-state index in [4.69, 9.17) is 0 Å². The van der Waals surface area contributed by atoms with Gasteiger partial charge in [-0.25, -0.2) is 0 Å². The summed E-state index contributed by atoms with van der Waals surface area (Å²) in [6, 6.07) is 14.8. The van der Waals surface area contributed by atoms with E-state index in [1.54, 1.807) is 6.08 Å². The minimum absolute atomic E-state index is 0.0109. The first-order valence-electron chi connectivity index (χ1n) is 11.3. The van der Waals surface area contributed by atoms with Gasteiger partial charge in [-0.15, -0.1) is 6.58 Å². The van der Waals surface area contributed by atoms with Gasteiger partial charge in [-0.3, -0.25) is 29.8 Å². The van der Waals surface area contributed by atoms with Gasteiger partial charge in [0.25, 0.3) is 17.3 Å². The maximum absolute atomic E-state index is 13.8. The van der Waals surface area contributed by atoms with E-state index in [-0.39, 0.29) is 24.4 Å². The standard InChI is InChI=1S/C26H26N4O6/c1-4-12-28(24-11-7-9-18-8-5-6-10-22(18)24)26(32)23(13-17(2)3)27-25(31)19-14-20(29(33)34)16-21(15-19)30(35)36/h4-11,14-17,23H,1,12-13H2,2-3H3,(H,27,31)/t23-/m0/s1. The number of nitro groups is 2. The van der Waals surface area contributed by atoms with Crippen LogP contribution < -0.4 is 10.2 Å². The third-order valence-electron chi connectivity index (χ3n) is 5.53. The molecule has 3 rings (SSSR count). The van der Waals surface area contributed by atoms with E-state index >= 15 is 0 Å². The van der Waals surface area contributed by atoms with Crippen molar-refractivity contribution in [2.75, 3.05) is 11.4 Å². The van der Waals surface area contributed by atoms with E-state index in [0.29, 0.717) is 5.69 Å². The van der Waals surface area contributed by atoms with Crippen molar-refractivity contribution in [2.24, 2.45) is 5.92 Å². The molecule has 0 spiro atoms. The van der Waals surface area contributed by atoms with E-state index in [9.17, 15) is 29.8 Å². The lowest BCUT2D eigenvalue weighted by Crippen LogP contribution is -2.49. The molecule has 0 heterocycles. The van der Waals surface area contributed by atoms with Crippen molar-refractivity contribution in [3.05, 3.63) is 99.1 Å². The summed E-state index contributed by atoms with van der Waals surface area (Å²) >= 11 is 0. The zero-order valence-electron chi connectivity index (χ0n) is 19.9. The Morgan fingerprint density at radius 2 is 1.61 bits per heavy atom. The number of benzene rings is 3. The molecule has 0 saturated carbocycles. The normalized spacial score (nSPS) is 11.6. The number of nitro benzene ring substituents is 2. The van der Waals surface area contributed by atoms with E-state index in [0.717, 1.165) is 29.0 Å². The highest BCUT2D eigenvalue weighted by Gasteiger charge is 2.29. The number of anilines is 1. The van der Waals surface area contributed by atoms with Crippen molar-refractivity contribution in [3.63, 3.8) is 0 Å². The molecule has 0 saturated heterocycles. The molecule has 0 aliphatic carbocycles. The fraction of sp³-hybridized carbons (Fsp3) is 0.231. The Morgan fingerprint density at radius 3 is 2.19 bits per heavy atom. The molecule has 1 atom stereocenters. The minimum atomic E-state index is -0.991. The molecule has 10 nitrogen and oxygen atoms in total.